The third-order valence-electron chi connectivity index (χ3n) is 6.97. The Labute approximate surface area is 185 Å². The molecule has 1 aromatic carbocycles. The summed E-state index contributed by atoms with van der Waals surface area (Å²) < 4.78 is 11.8. The molecule has 0 saturated carbocycles. The summed E-state index contributed by atoms with van der Waals surface area (Å²) in [5.74, 6) is 1.90. The third-order valence-corrected chi connectivity index (χ3v) is 6.97. The molecule has 0 amide bonds. The van der Waals surface area contributed by atoms with Crippen molar-refractivity contribution < 1.29 is 9.16 Å². The van der Waals surface area contributed by atoms with Gasteiger partial charge in [-0.1, -0.05) is 12.1 Å². The maximum atomic E-state index is 6.47. The molecule has 5 rings (SSSR count). The first-order valence-corrected chi connectivity index (χ1v) is 11.6. The van der Waals surface area contributed by atoms with Crippen LogP contribution in [0.1, 0.15) is 44.2 Å². The third kappa shape index (κ3) is 4.01. The maximum absolute atomic E-state index is 6.47. The number of hydrogen-bond acceptors (Lipinski definition) is 3. The number of ether oxygens (including phenoxy) is 1. The average molecular weight is 418 g/mol. The fourth-order valence-corrected chi connectivity index (χ4v) is 5.14. The molecule has 1 fully saturated rings. The van der Waals surface area contributed by atoms with E-state index in [0.717, 1.165) is 57.0 Å². The lowest BCUT2D eigenvalue weighted by atomic mass is 9.88. The Bertz CT molecular complexity index is 986. The molecular formula is C27H33N2O2+. The minimum absolute atomic E-state index is 0.315. The zero-order valence-corrected chi connectivity index (χ0v) is 18.9. The van der Waals surface area contributed by atoms with E-state index in [1.54, 1.807) is 7.11 Å². The van der Waals surface area contributed by atoms with E-state index in [9.17, 15) is 0 Å². The minimum Gasteiger partial charge on any atom is -0.490 e. The number of piperidine rings is 1. The topological polar surface area (TPSA) is 27.0 Å². The summed E-state index contributed by atoms with van der Waals surface area (Å²) in [6.07, 6.45) is 14.5. The van der Waals surface area contributed by atoms with Crippen molar-refractivity contribution in [1.29, 1.82) is 0 Å². The standard InChI is InChI=1S/C27H33N2O2/c1-19(2)28-15-12-22(13-16-28)31-23-10-11-24-25(17-23)27-5-4-14-29(27)18-26(24)20-6-8-21(30-3)9-7-20/h5-11,17,19,22H,4,12-16,18H2,1-3H3/q+1. The first-order valence-electron chi connectivity index (χ1n) is 11.6. The van der Waals surface area contributed by atoms with Crippen LogP contribution in [0.25, 0.3) is 11.3 Å². The summed E-state index contributed by atoms with van der Waals surface area (Å²) in [7, 11) is 1.72. The SMILES string of the molecule is C[O+]=C1C=CC(=C2CN3CCC=C3c3cc(OC4CCN(C(C)C)CC4)ccc32)C=C1. The van der Waals surface area contributed by atoms with Gasteiger partial charge in [0.1, 0.15) is 11.9 Å². The molecule has 3 heterocycles. The fraction of sp³-hybridized carbons (Fsp3) is 0.444. The average Bonchev–Trinajstić information content (AvgIpc) is 3.28. The highest BCUT2D eigenvalue weighted by atomic mass is 16.5. The van der Waals surface area contributed by atoms with Crippen LogP contribution in [0.15, 0.2) is 54.2 Å². The summed E-state index contributed by atoms with van der Waals surface area (Å²) in [6.45, 7) is 8.86. The van der Waals surface area contributed by atoms with Crippen molar-refractivity contribution in [3.05, 3.63) is 65.3 Å². The number of ketones is 1. The van der Waals surface area contributed by atoms with Crippen molar-refractivity contribution in [2.45, 2.75) is 45.3 Å². The number of benzene rings is 1. The number of likely N-dealkylation sites (tertiary alicyclic amines) is 1. The summed E-state index contributed by atoms with van der Waals surface area (Å²) >= 11 is 0. The Morgan fingerprint density at radius 1 is 1.00 bits per heavy atom. The molecule has 0 bridgehead atoms. The second kappa shape index (κ2) is 8.51. The highest BCUT2D eigenvalue weighted by molar-refractivity contribution is 6.03. The molecule has 4 heteroatoms. The van der Waals surface area contributed by atoms with Crippen molar-refractivity contribution in [3.8, 4) is 5.75 Å². The number of carbonyl (C=O) groups excluding carboxylic acids is 1. The molecule has 4 nitrogen and oxygen atoms in total. The molecule has 0 N–H and O–H groups in total. The molecule has 1 saturated heterocycles. The van der Waals surface area contributed by atoms with Gasteiger partial charge in [-0.05, 0) is 74.1 Å². The molecule has 0 radical (unpaired) electrons. The van der Waals surface area contributed by atoms with Gasteiger partial charge in [-0.15, -0.1) is 0 Å². The van der Waals surface area contributed by atoms with E-state index >= 15 is 0 Å². The lowest BCUT2D eigenvalue weighted by Gasteiger charge is -2.35. The van der Waals surface area contributed by atoms with Crippen LogP contribution in [0.2, 0.25) is 0 Å². The smallest absolute Gasteiger partial charge is 0.343 e. The number of hydrogen-bond donors (Lipinski definition) is 0. The molecule has 31 heavy (non-hydrogen) atoms. The van der Waals surface area contributed by atoms with Gasteiger partial charge in [-0.3, -0.25) is 4.42 Å². The second-order valence-electron chi connectivity index (χ2n) is 9.16. The van der Waals surface area contributed by atoms with E-state index in [0.29, 0.717) is 12.1 Å². The first kappa shape index (κ1) is 20.3. The second-order valence-corrected chi connectivity index (χ2v) is 9.16. The number of fused-ring (bicyclic) bond motifs is 3. The van der Waals surface area contributed by atoms with Gasteiger partial charge in [0.25, 0.3) is 7.11 Å². The Hall–Kier alpha value is -2.59. The van der Waals surface area contributed by atoms with E-state index in [4.69, 9.17) is 9.16 Å². The van der Waals surface area contributed by atoms with Crippen molar-refractivity contribution in [2.75, 3.05) is 33.3 Å². The van der Waals surface area contributed by atoms with Crippen molar-refractivity contribution in [3.63, 3.8) is 0 Å². The van der Waals surface area contributed by atoms with Gasteiger partial charge in [0.05, 0.1) is 0 Å². The highest BCUT2D eigenvalue weighted by Crippen LogP contribution is 2.41. The summed E-state index contributed by atoms with van der Waals surface area (Å²) in [5.41, 5.74) is 6.66. The summed E-state index contributed by atoms with van der Waals surface area (Å²) in [5, 5.41) is 0. The molecule has 1 aliphatic carbocycles. The lowest BCUT2D eigenvalue weighted by molar-refractivity contribution is -0.417. The van der Waals surface area contributed by atoms with Crippen LogP contribution >= 0.6 is 0 Å². The van der Waals surface area contributed by atoms with E-state index in [1.807, 2.05) is 0 Å². The molecule has 0 spiro atoms. The first-order chi connectivity index (χ1) is 15.1. The molecule has 4 aliphatic rings. The molecule has 0 atom stereocenters. The number of rotatable bonds is 3. The number of allylic oxidation sites excluding steroid dienone is 5. The maximum Gasteiger partial charge on any atom is 0.343 e. The van der Waals surface area contributed by atoms with Crippen LogP contribution in [-0.4, -0.2) is 61.0 Å². The normalized spacial score (nSPS) is 21.5. The molecule has 0 aromatic heterocycles. The molecule has 3 aliphatic heterocycles. The van der Waals surface area contributed by atoms with Crippen molar-refractivity contribution in [2.24, 2.45) is 0 Å². The van der Waals surface area contributed by atoms with Gasteiger partial charge in [-0.2, -0.15) is 0 Å². The van der Waals surface area contributed by atoms with Crippen LogP contribution in [0.4, 0.5) is 0 Å². The van der Waals surface area contributed by atoms with Crippen LogP contribution in [-0.2, 0) is 4.42 Å². The van der Waals surface area contributed by atoms with Crippen LogP contribution in [0, 0.1) is 0 Å². The van der Waals surface area contributed by atoms with Crippen LogP contribution < -0.4 is 4.74 Å². The molecular weight excluding hydrogens is 384 g/mol. The Morgan fingerprint density at radius 2 is 1.77 bits per heavy atom. The van der Waals surface area contributed by atoms with Gasteiger partial charge in [-0.25, -0.2) is 0 Å². The molecule has 1 aromatic rings. The van der Waals surface area contributed by atoms with E-state index in [2.05, 4.69) is 72.2 Å². The summed E-state index contributed by atoms with van der Waals surface area (Å²) in [6, 6.07) is 7.33. The van der Waals surface area contributed by atoms with E-state index < -0.39 is 0 Å². The largest absolute Gasteiger partial charge is 0.490 e. The van der Waals surface area contributed by atoms with Gasteiger partial charge in [0, 0.05) is 55.6 Å². The van der Waals surface area contributed by atoms with Crippen molar-refractivity contribution >= 4 is 17.1 Å². The predicted octanol–water partition coefficient (Wildman–Crippen LogP) is 4.61. The van der Waals surface area contributed by atoms with Gasteiger partial charge in [0.2, 0.25) is 0 Å². The van der Waals surface area contributed by atoms with Crippen LogP contribution in [0.5, 0.6) is 5.75 Å². The zero-order chi connectivity index (χ0) is 21.4. The molecule has 0 unspecified atom stereocenters. The Morgan fingerprint density at radius 3 is 2.48 bits per heavy atom. The fourth-order valence-electron chi connectivity index (χ4n) is 5.14. The van der Waals surface area contributed by atoms with Gasteiger partial charge >= 0.3 is 5.78 Å². The Balaban J connectivity index is 1.43. The monoisotopic (exact) mass is 417 g/mol. The van der Waals surface area contributed by atoms with E-state index in [1.165, 1.54) is 28.0 Å². The predicted molar refractivity (Wildman–Crippen MR) is 127 cm³/mol. The number of nitrogens with zero attached hydrogens (tertiary/aromatic N) is 2. The lowest BCUT2D eigenvalue weighted by Crippen LogP contribution is -2.41. The molecule has 162 valence electrons. The van der Waals surface area contributed by atoms with Crippen LogP contribution in [0.3, 0.4) is 0 Å². The quantitative estimate of drug-likeness (QED) is 0.672. The zero-order valence-electron chi connectivity index (χ0n) is 18.9. The van der Waals surface area contributed by atoms with E-state index in [-0.39, 0.29) is 0 Å². The Kier molecular flexibility index (Phi) is 5.58. The highest BCUT2D eigenvalue weighted by Gasteiger charge is 2.29. The van der Waals surface area contributed by atoms with Gasteiger partial charge in [0.15, 0.2) is 0 Å². The van der Waals surface area contributed by atoms with Crippen molar-refractivity contribution in [1.82, 2.24) is 9.80 Å². The minimum atomic E-state index is 0.315. The van der Waals surface area contributed by atoms with Gasteiger partial charge < -0.3 is 14.5 Å². The summed E-state index contributed by atoms with van der Waals surface area (Å²) in [4.78, 5) is 5.05.